The Morgan fingerprint density at radius 1 is 1.18 bits per heavy atom. The first-order chi connectivity index (χ1) is 18.5. The Hall–Kier alpha value is -4.14. The molecule has 1 aromatic carbocycles. The number of imidazole rings is 1. The molecule has 3 heterocycles. The fraction of sp³-hybridized carbons (Fsp3) is 0.379. The van der Waals surface area contributed by atoms with Crippen molar-refractivity contribution in [2.24, 2.45) is 11.7 Å². The van der Waals surface area contributed by atoms with Gasteiger partial charge in [-0.2, -0.15) is 0 Å². The minimum absolute atomic E-state index is 0.107. The van der Waals surface area contributed by atoms with Crippen LogP contribution in [-0.2, 0) is 4.79 Å². The number of piperidine rings is 1. The summed E-state index contributed by atoms with van der Waals surface area (Å²) in [5.74, 6) is 1.97. The Morgan fingerprint density at radius 2 is 1.97 bits per heavy atom. The Bertz CT molecular complexity index is 1390. The normalized spacial score (nSPS) is 18.3. The molecule has 0 radical (unpaired) electrons. The number of benzene rings is 1. The van der Waals surface area contributed by atoms with Gasteiger partial charge in [-0.05, 0) is 61.6 Å². The summed E-state index contributed by atoms with van der Waals surface area (Å²) >= 11 is 0. The molecule has 1 saturated heterocycles. The van der Waals surface area contributed by atoms with Gasteiger partial charge in [-0.3, -0.25) is 14.0 Å². The molecular formula is C29H35N7O2. The van der Waals surface area contributed by atoms with Crippen molar-refractivity contribution in [2.75, 3.05) is 25.4 Å². The Balaban J connectivity index is 1.37. The molecule has 1 aliphatic heterocycles. The summed E-state index contributed by atoms with van der Waals surface area (Å²) in [6.45, 7) is 3.78. The predicted octanol–water partition coefficient (Wildman–Crippen LogP) is 3.63. The highest BCUT2D eigenvalue weighted by molar-refractivity contribution is 5.95. The highest BCUT2D eigenvalue weighted by Gasteiger charge is 2.29. The number of rotatable bonds is 8. The number of nitrogens with two attached hydrogens (primary N) is 2. The standard InChI is InChI=1S/C29H35N7O2/c1-2-24(37)35-16-3-4-23(18-35)28-34-25(26-27(31)32-15-17-36(26)28)21-7-9-22(10-8-21)29(38)33-14-12-20(11-13-30)19-5-6-19/h7-13,15,17,19,23H,2-6,14,16,18,30H2,1H3,(H2,31,32)(H,33,38)/b13-11-,20-12+. The SMILES string of the molecule is CCC(=O)N1CCCC(c2nc(-c3ccc(C(=O)NC/C=C(\C=C/N)C4CC4)cc3)c3c(N)nccn23)C1. The summed E-state index contributed by atoms with van der Waals surface area (Å²) in [4.78, 5) is 36.4. The third kappa shape index (κ3) is 5.27. The van der Waals surface area contributed by atoms with Gasteiger partial charge < -0.3 is 21.7 Å². The molecule has 2 amide bonds. The smallest absolute Gasteiger partial charge is 0.251 e. The first kappa shape index (κ1) is 25.5. The molecule has 5 N–H and O–H groups in total. The molecule has 2 fully saturated rings. The van der Waals surface area contributed by atoms with Crippen LogP contribution in [0.4, 0.5) is 5.82 Å². The van der Waals surface area contributed by atoms with Crippen molar-refractivity contribution in [3.8, 4) is 11.3 Å². The van der Waals surface area contributed by atoms with Crippen molar-refractivity contribution >= 4 is 23.1 Å². The zero-order chi connectivity index (χ0) is 26.6. The number of carbonyl (C=O) groups excluding carboxylic acids is 2. The molecule has 0 spiro atoms. The van der Waals surface area contributed by atoms with Crippen molar-refractivity contribution in [2.45, 2.75) is 44.9 Å². The van der Waals surface area contributed by atoms with E-state index < -0.39 is 0 Å². The average Bonchev–Trinajstić information content (AvgIpc) is 3.72. The van der Waals surface area contributed by atoms with E-state index >= 15 is 0 Å². The molecule has 5 rings (SSSR count). The van der Waals surface area contributed by atoms with Crippen LogP contribution in [0, 0.1) is 5.92 Å². The van der Waals surface area contributed by atoms with Gasteiger partial charge in [-0.25, -0.2) is 9.97 Å². The number of hydrogen-bond donors (Lipinski definition) is 3. The first-order valence-corrected chi connectivity index (χ1v) is 13.4. The fourth-order valence-electron chi connectivity index (χ4n) is 5.26. The number of amides is 2. The number of likely N-dealkylation sites (tertiary alicyclic amines) is 1. The maximum absolute atomic E-state index is 12.7. The maximum atomic E-state index is 12.7. The van der Waals surface area contributed by atoms with E-state index in [2.05, 4.69) is 10.3 Å². The van der Waals surface area contributed by atoms with Gasteiger partial charge in [0.15, 0.2) is 0 Å². The zero-order valence-electron chi connectivity index (χ0n) is 21.8. The number of aromatic nitrogens is 3. The molecule has 1 atom stereocenters. The van der Waals surface area contributed by atoms with Crippen molar-refractivity contribution in [3.05, 3.63) is 72.0 Å². The largest absolute Gasteiger partial charge is 0.405 e. The van der Waals surface area contributed by atoms with Crippen molar-refractivity contribution in [3.63, 3.8) is 0 Å². The van der Waals surface area contributed by atoms with E-state index in [1.807, 2.05) is 46.7 Å². The summed E-state index contributed by atoms with van der Waals surface area (Å²) in [5, 5.41) is 2.96. The van der Waals surface area contributed by atoms with Gasteiger partial charge >= 0.3 is 0 Å². The maximum Gasteiger partial charge on any atom is 0.251 e. The Morgan fingerprint density at radius 3 is 2.68 bits per heavy atom. The Kier molecular flexibility index (Phi) is 7.44. The zero-order valence-corrected chi connectivity index (χ0v) is 21.8. The fourth-order valence-corrected chi connectivity index (χ4v) is 5.26. The molecule has 1 aliphatic carbocycles. The van der Waals surface area contributed by atoms with Gasteiger partial charge in [-0.15, -0.1) is 0 Å². The predicted molar refractivity (Wildman–Crippen MR) is 148 cm³/mol. The molecule has 0 bridgehead atoms. The van der Waals surface area contributed by atoms with Crippen LogP contribution in [0.25, 0.3) is 16.8 Å². The summed E-state index contributed by atoms with van der Waals surface area (Å²) in [7, 11) is 0. The van der Waals surface area contributed by atoms with Gasteiger partial charge in [0, 0.05) is 55.5 Å². The minimum atomic E-state index is -0.140. The van der Waals surface area contributed by atoms with Crippen LogP contribution in [-0.4, -0.2) is 50.7 Å². The summed E-state index contributed by atoms with van der Waals surface area (Å²) < 4.78 is 2.00. The lowest BCUT2D eigenvalue weighted by atomic mass is 9.97. The molecule has 9 heteroatoms. The molecule has 9 nitrogen and oxygen atoms in total. The average molecular weight is 514 g/mol. The van der Waals surface area contributed by atoms with E-state index in [0.717, 1.165) is 42.0 Å². The van der Waals surface area contributed by atoms with Crippen molar-refractivity contribution in [1.29, 1.82) is 0 Å². The van der Waals surface area contributed by atoms with Crippen LogP contribution >= 0.6 is 0 Å². The van der Waals surface area contributed by atoms with Crippen molar-refractivity contribution < 1.29 is 9.59 Å². The second-order valence-electron chi connectivity index (χ2n) is 10.0. The van der Waals surface area contributed by atoms with Crippen LogP contribution in [0.2, 0.25) is 0 Å². The monoisotopic (exact) mass is 513 g/mol. The van der Waals surface area contributed by atoms with E-state index in [1.165, 1.54) is 18.4 Å². The number of fused-ring (bicyclic) bond motifs is 1. The molecular weight excluding hydrogens is 478 g/mol. The van der Waals surface area contributed by atoms with E-state index in [1.54, 1.807) is 24.5 Å². The number of anilines is 1. The highest BCUT2D eigenvalue weighted by atomic mass is 16.2. The molecule has 198 valence electrons. The summed E-state index contributed by atoms with van der Waals surface area (Å²) in [6.07, 6.45) is 13.8. The van der Waals surface area contributed by atoms with Crippen LogP contribution in [0.5, 0.6) is 0 Å². The van der Waals surface area contributed by atoms with Crippen LogP contribution in [0.1, 0.15) is 61.1 Å². The topological polar surface area (TPSA) is 132 Å². The lowest BCUT2D eigenvalue weighted by Gasteiger charge is -2.32. The van der Waals surface area contributed by atoms with E-state index in [4.69, 9.17) is 16.5 Å². The number of nitrogens with zero attached hydrogens (tertiary/aromatic N) is 4. The summed E-state index contributed by atoms with van der Waals surface area (Å²) in [6, 6.07) is 7.39. The van der Waals surface area contributed by atoms with Gasteiger partial charge in [0.2, 0.25) is 5.91 Å². The lowest BCUT2D eigenvalue weighted by molar-refractivity contribution is -0.132. The number of carbonyl (C=O) groups is 2. The van der Waals surface area contributed by atoms with Crippen LogP contribution in [0.15, 0.2) is 60.6 Å². The number of nitrogens with one attached hydrogen (secondary N) is 1. The van der Waals surface area contributed by atoms with E-state index in [9.17, 15) is 9.59 Å². The van der Waals surface area contributed by atoms with E-state index in [-0.39, 0.29) is 17.7 Å². The third-order valence-corrected chi connectivity index (χ3v) is 7.41. The van der Waals surface area contributed by atoms with Gasteiger partial charge in [0.05, 0.1) is 0 Å². The number of hydrogen-bond acceptors (Lipinski definition) is 6. The van der Waals surface area contributed by atoms with Crippen LogP contribution in [0.3, 0.4) is 0 Å². The molecule has 1 saturated carbocycles. The molecule has 3 aromatic rings. The second-order valence-corrected chi connectivity index (χ2v) is 10.0. The van der Waals surface area contributed by atoms with Gasteiger partial charge in [0.25, 0.3) is 5.91 Å². The van der Waals surface area contributed by atoms with Crippen LogP contribution < -0.4 is 16.8 Å². The quantitative estimate of drug-likeness (QED) is 0.394. The van der Waals surface area contributed by atoms with E-state index in [0.29, 0.717) is 36.8 Å². The molecule has 1 unspecified atom stereocenters. The first-order valence-electron chi connectivity index (χ1n) is 13.4. The van der Waals surface area contributed by atoms with Gasteiger partial charge in [0.1, 0.15) is 22.9 Å². The summed E-state index contributed by atoms with van der Waals surface area (Å²) in [5.41, 5.74) is 15.9. The lowest BCUT2D eigenvalue weighted by Crippen LogP contribution is -2.39. The Labute approximate surface area is 222 Å². The third-order valence-electron chi connectivity index (χ3n) is 7.41. The highest BCUT2D eigenvalue weighted by Crippen LogP contribution is 2.37. The molecule has 2 aromatic heterocycles. The molecule has 38 heavy (non-hydrogen) atoms. The molecule has 2 aliphatic rings. The minimum Gasteiger partial charge on any atom is -0.405 e. The van der Waals surface area contributed by atoms with Crippen molar-refractivity contribution in [1.82, 2.24) is 24.6 Å². The number of nitrogen functional groups attached to an aromatic ring is 1. The second kappa shape index (κ2) is 11.1. The number of allylic oxidation sites excluding steroid dienone is 2. The van der Waals surface area contributed by atoms with Gasteiger partial charge in [-0.1, -0.05) is 25.1 Å².